The Morgan fingerprint density at radius 3 is 2.83 bits per heavy atom. The van der Waals surface area contributed by atoms with Crippen LogP contribution in [0.15, 0.2) is 0 Å². The Balaban J connectivity index is 2.21. The maximum atomic E-state index is 4.55. The molecule has 1 aromatic heterocycles. The molecule has 3 heteroatoms. The van der Waals surface area contributed by atoms with Crippen LogP contribution in [-0.2, 0) is 0 Å². The first-order valence-electron chi connectivity index (χ1n) is 4.44. The normalized spacial score (nSPS) is 23.3. The summed E-state index contributed by atoms with van der Waals surface area (Å²) in [6.45, 7) is 5.39. The third-order valence-corrected chi connectivity index (χ3v) is 3.59. The van der Waals surface area contributed by atoms with Crippen molar-refractivity contribution in [1.29, 1.82) is 0 Å². The van der Waals surface area contributed by atoms with Crippen LogP contribution in [0.25, 0.3) is 0 Å². The molecule has 1 fully saturated rings. The zero-order chi connectivity index (χ0) is 8.55. The van der Waals surface area contributed by atoms with E-state index in [0.717, 1.165) is 6.54 Å². The van der Waals surface area contributed by atoms with Crippen molar-refractivity contribution in [2.24, 2.45) is 0 Å². The van der Waals surface area contributed by atoms with Gasteiger partial charge in [-0.05, 0) is 33.2 Å². The van der Waals surface area contributed by atoms with E-state index in [9.17, 15) is 0 Å². The first-order valence-corrected chi connectivity index (χ1v) is 5.26. The van der Waals surface area contributed by atoms with Crippen LogP contribution in [0.1, 0.15) is 34.5 Å². The Kier molecular flexibility index (Phi) is 2.15. The second kappa shape index (κ2) is 3.15. The Labute approximate surface area is 77.0 Å². The largest absolute Gasteiger partial charge is 0.308 e. The predicted molar refractivity (Wildman–Crippen MR) is 51.6 cm³/mol. The first kappa shape index (κ1) is 8.20. The molecule has 1 saturated heterocycles. The van der Waals surface area contributed by atoms with E-state index in [0.29, 0.717) is 6.04 Å². The van der Waals surface area contributed by atoms with Gasteiger partial charge in [-0.15, -0.1) is 11.3 Å². The first-order chi connectivity index (χ1) is 5.77. The maximum Gasteiger partial charge on any atom is 0.110 e. The summed E-state index contributed by atoms with van der Waals surface area (Å²) in [7, 11) is 0. The van der Waals surface area contributed by atoms with Gasteiger partial charge in [0.05, 0.1) is 11.7 Å². The molecule has 1 atom stereocenters. The van der Waals surface area contributed by atoms with Crippen LogP contribution < -0.4 is 5.32 Å². The van der Waals surface area contributed by atoms with Gasteiger partial charge < -0.3 is 5.32 Å². The van der Waals surface area contributed by atoms with Crippen LogP contribution in [0.4, 0.5) is 0 Å². The van der Waals surface area contributed by atoms with Crippen LogP contribution in [-0.4, -0.2) is 11.5 Å². The summed E-state index contributed by atoms with van der Waals surface area (Å²) in [5.74, 6) is 0. The fourth-order valence-electron chi connectivity index (χ4n) is 1.54. The van der Waals surface area contributed by atoms with E-state index in [-0.39, 0.29) is 0 Å². The number of hydrogen-bond donors (Lipinski definition) is 1. The van der Waals surface area contributed by atoms with E-state index in [4.69, 9.17) is 0 Å². The Bertz CT molecular complexity index is 255. The SMILES string of the molecule is Cc1nc([C@@H]2CCCN2)sc1C. The summed E-state index contributed by atoms with van der Waals surface area (Å²) in [6.07, 6.45) is 2.55. The van der Waals surface area contributed by atoms with Gasteiger partial charge in [0, 0.05) is 4.88 Å². The van der Waals surface area contributed by atoms with Crippen molar-refractivity contribution in [2.45, 2.75) is 32.7 Å². The van der Waals surface area contributed by atoms with Gasteiger partial charge in [0.25, 0.3) is 0 Å². The van der Waals surface area contributed by atoms with E-state index in [1.165, 1.54) is 28.4 Å². The second-order valence-corrected chi connectivity index (χ2v) is 4.58. The van der Waals surface area contributed by atoms with Crippen molar-refractivity contribution in [2.75, 3.05) is 6.54 Å². The van der Waals surface area contributed by atoms with Crippen molar-refractivity contribution in [3.8, 4) is 0 Å². The minimum atomic E-state index is 0.544. The molecule has 66 valence electrons. The molecule has 0 saturated carbocycles. The monoisotopic (exact) mass is 182 g/mol. The Morgan fingerprint density at radius 1 is 1.50 bits per heavy atom. The molecule has 0 bridgehead atoms. The van der Waals surface area contributed by atoms with E-state index in [1.807, 2.05) is 11.3 Å². The summed E-state index contributed by atoms with van der Waals surface area (Å²) in [5, 5.41) is 4.74. The number of thiazole rings is 1. The summed E-state index contributed by atoms with van der Waals surface area (Å²) in [5.41, 5.74) is 1.20. The number of aromatic nitrogens is 1. The number of hydrogen-bond acceptors (Lipinski definition) is 3. The topological polar surface area (TPSA) is 24.9 Å². The molecular weight excluding hydrogens is 168 g/mol. The molecule has 1 aliphatic rings. The fourth-order valence-corrected chi connectivity index (χ4v) is 2.57. The van der Waals surface area contributed by atoms with E-state index < -0.39 is 0 Å². The number of nitrogens with zero attached hydrogens (tertiary/aromatic N) is 1. The molecular formula is C9H14N2S. The smallest absolute Gasteiger partial charge is 0.110 e. The van der Waals surface area contributed by atoms with Crippen molar-refractivity contribution in [3.63, 3.8) is 0 Å². The van der Waals surface area contributed by atoms with E-state index >= 15 is 0 Å². The molecule has 1 aromatic rings. The van der Waals surface area contributed by atoms with Crippen molar-refractivity contribution in [3.05, 3.63) is 15.6 Å². The summed E-state index contributed by atoms with van der Waals surface area (Å²) < 4.78 is 0. The van der Waals surface area contributed by atoms with Crippen LogP contribution >= 0.6 is 11.3 Å². The van der Waals surface area contributed by atoms with E-state index in [1.54, 1.807) is 0 Å². The van der Waals surface area contributed by atoms with Gasteiger partial charge in [-0.2, -0.15) is 0 Å². The second-order valence-electron chi connectivity index (χ2n) is 3.34. The molecule has 0 unspecified atom stereocenters. The molecule has 0 radical (unpaired) electrons. The highest BCUT2D eigenvalue weighted by Crippen LogP contribution is 2.28. The molecule has 0 spiro atoms. The van der Waals surface area contributed by atoms with Gasteiger partial charge in [0.2, 0.25) is 0 Å². The molecule has 0 amide bonds. The molecule has 2 heterocycles. The molecule has 0 aliphatic carbocycles. The lowest BCUT2D eigenvalue weighted by Gasteiger charge is -2.03. The lowest BCUT2D eigenvalue weighted by molar-refractivity contribution is 0.641. The lowest BCUT2D eigenvalue weighted by atomic mass is 10.2. The third kappa shape index (κ3) is 1.39. The maximum absolute atomic E-state index is 4.55. The lowest BCUT2D eigenvalue weighted by Crippen LogP contribution is -2.12. The average molecular weight is 182 g/mol. The number of nitrogens with one attached hydrogen (secondary N) is 1. The van der Waals surface area contributed by atoms with Crippen LogP contribution in [0.3, 0.4) is 0 Å². The highest BCUT2D eigenvalue weighted by Gasteiger charge is 2.19. The Morgan fingerprint density at radius 2 is 2.33 bits per heavy atom. The molecule has 1 aliphatic heterocycles. The minimum Gasteiger partial charge on any atom is -0.308 e. The van der Waals surface area contributed by atoms with Crippen LogP contribution in [0.5, 0.6) is 0 Å². The molecule has 2 rings (SSSR count). The standard InChI is InChI=1S/C9H14N2S/c1-6-7(2)12-9(11-6)8-4-3-5-10-8/h8,10H,3-5H2,1-2H3/t8-/m0/s1. The molecule has 2 nitrogen and oxygen atoms in total. The van der Waals surface area contributed by atoms with Gasteiger partial charge >= 0.3 is 0 Å². The molecule has 12 heavy (non-hydrogen) atoms. The Hall–Kier alpha value is -0.410. The van der Waals surface area contributed by atoms with Crippen LogP contribution in [0, 0.1) is 13.8 Å². The minimum absolute atomic E-state index is 0.544. The summed E-state index contributed by atoms with van der Waals surface area (Å²) in [6, 6.07) is 0.544. The number of aryl methyl sites for hydroxylation is 2. The molecule has 0 aromatic carbocycles. The van der Waals surface area contributed by atoms with Crippen molar-refractivity contribution >= 4 is 11.3 Å². The summed E-state index contributed by atoms with van der Waals surface area (Å²) in [4.78, 5) is 5.91. The highest BCUT2D eigenvalue weighted by atomic mass is 32.1. The van der Waals surface area contributed by atoms with Gasteiger partial charge in [-0.25, -0.2) is 4.98 Å². The van der Waals surface area contributed by atoms with Crippen molar-refractivity contribution in [1.82, 2.24) is 10.3 Å². The van der Waals surface area contributed by atoms with Gasteiger partial charge in [-0.1, -0.05) is 0 Å². The summed E-state index contributed by atoms with van der Waals surface area (Å²) >= 11 is 1.84. The van der Waals surface area contributed by atoms with Gasteiger partial charge in [0.15, 0.2) is 0 Å². The van der Waals surface area contributed by atoms with Crippen molar-refractivity contribution < 1.29 is 0 Å². The quantitative estimate of drug-likeness (QED) is 0.720. The van der Waals surface area contributed by atoms with E-state index in [2.05, 4.69) is 24.1 Å². The zero-order valence-corrected chi connectivity index (χ0v) is 8.37. The predicted octanol–water partition coefficient (Wildman–Crippen LogP) is 2.18. The van der Waals surface area contributed by atoms with Gasteiger partial charge in [0.1, 0.15) is 5.01 Å². The number of rotatable bonds is 1. The zero-order valence-electron chi connectivity index (χ0n) is 7.55. The average Bonchev–Trinajstić information content (AvgIpc) is 2.61. The molecule has 1 N–H and O–H groups in total. The highest BCUT2D eigenvalue weighted by molar-refractivity contribution is 7.11. The third-order valence-electron chi connectivity index (χ3n) is 2.40. The van der Waals surface area contributed by atoms with Gasteiger partial charge in [-0.3, -0.25) is 0 Å². The fraction of sp³-hybridized carbons (Fsp3) is 0.667. The van der Waals surface area contributed by atoms with Crippen LogP contribution in [0.2, 0.25) is 0 Å².